The number of carbonyl (C=O) groups excluding carboxylic acids is 3. The summed E-state index contributed by atoms with van der Waals surface area (Å²) in [6, 6.07) is 3.82. The molecule has 1 aromatic carbocycles. The first-order valence-electron chi connectivity index (χ1n) is 14.7. The van der Waals surface area contributed by atoms with Gasteiger partial charge in [-0.05, 0) is 0 Å². The Morgan fingerprint density at radius 3 is 2.66 bits per heavy atom. The molecule has 3 amide bonds. The van der Waals surface area contributed by atoms with E-state index in [2.05, 4.69) is 15.4 Å². The Morgan fingerprint density at radius 2 is 2.02 bits per heavy atom. The van der Waals surface area contributed by atoms with Gasteiger partial charge in [0.25, 0.3) is 0 Å². The van der Waals surface area contributed by atoms with E-state index in [1.165, 1.54) is 0 Å². The van der Waals surface area contributed by atoms with Crippen LogP contribution in [0, 0.1) is 12.3 Å². The molecule has 3 fully saturated rings. The summed E-state index contributed by atoms with van der Waals surface area (Å²) >= 11 is -1.44. The Hall–Kier alpha value is -2.12. The zero-order valence-corrected chi connectivity index (χ0v) is 27.7. The zero-order chi connectivity index (χ0) is 29.9. The monoisotopic (exact) mass is 683 g/mol. The SMILES string of the molecule is Cc1cc2c(cc1C(=O)N(C(C)I1CN1)[C@H]1C[C@@]13CCCN(C(=O)OC(C)(C)C)C3)N(CCCN)C(=O)C(C)(C)O2. The van der Waals surface area contributed by atoms with E-state index in [1.807, 2.05) is 44.7 Å². The van der Waals surface area contributed by atoms with E-state index in [1.54, 1.807) is 18.7 Å². The number of nitrogens with two attached hydrogens (primary N) is 1. The van der Waals surface area contributed by atoms with E-state index < -0.39 is 31.3 Å². The Morgan fingerprint density at radius 1 is 1.32 bits per heavy atom. The van der Waals surface area contributed by atoms with Crippen LogP contribution in [0.5, 0.6) is 5.75 Å². The van der Waals surface area contributed by atoms with Gasteiger partial charge in [0.2, 0.25) is 0 Å². The summed E-state index contributed by atoms with van der Waals surface area (Å²) in [7, 11) is 0. The van der Waals surface area contributed by atoms with Crippen molar-refractivity contribution in [1.29, 1.82) is 0 Å². The number of ether oxygens (including phenoxy) is 2. The van der Waals surface area contributed by atoms with Crippen LogP contribution in [0.4, 0.5) is 10.5 Å². The Bertz CT molecular complexity index is 1230. The third-order valence-corrected chi connectivity index (χ3v) is 13.0. The number of likely N-dealkylation sites (tertiary alicyclic amines) is 1. The Labute approximate surface area is 251 Å². The molecule has 5 rings (SSSR count). The summed E-state index contributed by atoms with van der Waals surface area (Å²) in [5.41, 5.74) is 6.20. The molecule has 3 atom stereocenters. The number of nitrogens with one attached hydrogen (secondary N) is 1. The molecule has 2 saturated heterocycles. The zero-order valence-electron chi connectivity index (χ0n) is 25.5. The van der Waals surface area contributed by atoms with Crippen LogP contribution in [0.15, 0.2) is 12.1 Å². The second-order valence-corrected chi connectivity index (χ2v) is 19.0. The van der Waals surface area contributed by atoms with Crippen LogP contribution in [0.1, 0.15) is 83.1 Å². The fourth-order valence-corrected chi connectivity index (χ4v) is 10.2. The molecule has 0 radical (unpaired) electrons. The molecule has 1 aliphatic carbocycles. The van der Waals surface area contributed by atoms with Crippen molar-refractivity contribution in [2.75, 3.05) is 35.6 Å². The molecule has 1 saturated carbocycles. The molecule has 3 aliphatic heterocycles. The molecule has 3 N–H and O–H groups in total. The summed E-state index contributed by atoms with van der Waals surface area (Å²) in [6.45, 7) is 15.6. The van der Waals surface area contributed by atoms with Gasteiger partial charge in [-0.1, -0.05) is 0 Å². The third-order valence-electron chi connectivity index (χ3n) is 8.57. The molecule has 0 aromatic heterocycles. The average Bonchev–Trinajstić information content (AvgIpc) is 3.81. The number of carbonyl (C=O) groups is 3. The fourth-order valence-electron chi connectivity index (χ4n) is 6.29. The number of amides is 3. The number of alkyl halides is 2. The van der Waals surface area contributed by atoms with Gasteiger partial charge in [0, 0.05) is 0 Å². The summed E-state index contributed by atoms with van der Waals surface area (Å²) in [6.07, 6.45) is 3.15. The van der Waals surface area contributed by atoms with E-state index in [4.69, 9.17) is 15.2 Å². The first kappa shape index (κ1) is 30.3. The maximum absolute atomic E-state index is 14.5. The molecule has 1 unspecified atom stereocenters. The number of piperidine rings is 1. The standard InChI is InChI=1S/C30H46IN5O5/c1-19-14-23-22(35(13-9-11-32)26(38)29(6,7)40-23)15-21(19)25(37)36(20(2)31-18-33-31)24-16-30(24)10-8-12-34(17-30)27(39)41-28(3,4)5/h14-15,20,24,33H,8-13,16-18,32H2,1-7H3/t20?,24-,30+/m0/s1. The van der Waals surface area contributed by atoms with Gasteiger partial charge in [-0.3, -0.25) is 0 Å². The van der Waals surface area contributed by atoms with Crippen LogP contribution >= 0.6 is 20.1 Å². The van der Waals surface area contributed by atoms with Gasteiger partial charge in [0.1, 0.15) is 0 Å². The van der Waals surface area contributed by atoms with Crippen LogP contribution in [0.2, 0.25) is 0 Å². The molecule has 4 aliphatic rings. The summed E-state index contributed by atoms with van der Waals surface area (Å²) in [5, 5.41) is 0. The first-order valence-corrected chi connectivity index (χ1v) is 18.6. The van der Waals surface area contributed by atoms with Crippen molar-refractivity contribution >= 4 is 43.7 Å². The molecule has 10 nitrogen and oxygen atoms in total. The van der Waals surface area contributed by atoms with E-state index in [0.29, 0.717) is 49.6 Å². The average molecular weight is 684 g/mol. The second-order valence-electron chi connectivity index (χ2n) is 13.4. The number of nitrogens with zero attached hydrogens (tertiary/aromatic N) is 3. The van der Waals surface area contributed by atoms with Gasteiger partial charge in [0.15, 0.2) is 0 Å². The number of anilines is 1. The van der Waals surface area contributed by atoms with Gasteiger partial charge in [-0.25, -0.2) is 0 Å². The van der Waals surface area contributed by atoms with Crippen molar-refractivity contribution < 1.29 is 23.9 Å². The van der Waals surface area contributed by atoms with Gasteiger partial charge in [0.05, 0.1) is 0 Å². The normalized spacial score (nSPS) is 26.3. The third kappa shape index (κ3) is 6.04. The first-order chi connectivity index (χ1) is 19.2. The number of aryl methyl sites for hydroxylation is 1. The van der Waals surface area contributed by atoms with Gasteiger partial charge in [-0.15, -0.1) is 0 Å². The Balaban J connectivity index is 1.44. The number of hydrogen-bond acceptors (Lipinski definition) is 7. The number of benzene rings is 1. The minimum atomic E-state index is -1.44. The summed E-state index contributed by atoms with van der Waals surface area (Å²) in [4.78, 5) is 46.5. The second kappa shape index (κ2) is 10.9. The minimum absolute atomic E-state index is 0.00359. The van der Waals surface area contributed by atoms with Gasteiger partial charge < -0.3 is 0 Å². The van der Waals surface area contributed by atoms with E-state index in [-0.39, 0.29) is 33.4 Å². The van der Waals surface area contributed by atoms with Crippen molar-refractivity contribution in [3.05, 3.63) is 23.3 Å². The summed E-state index contributed by atoms with van der Waals surface area (Å²) < 4.78 is 16.6. The van der Waals surface area contributed by atoms with Gasteiger partial charge in [-0.2, -0.15) is 0 Å². The van der Waals surface area contributed by atoms with Crippen molar-refractivity contribution in [3.8, 4) is 5.75 Å². The number of hydrogen-bond donors (Lipinski definition) is 2. The molecule has 41 heavy (non-hydrogen) atoms. The molecule has 1 spiro atoms. The van der Waals surface area contributed by atoms with Crippen LogP contribution < -0.4 is 18.9 Å². The van der Waals surface area contributed by atoms with Crippen molar-refractivity contribution in [2.45, 2.75) is 95.4 Å². The predicted octanol–water partition coefficient (Wildman–Crippen LogP) is 4.41. The number of rotatable bonds is 7. The van der Waals surface area contributed by atoms with Crippen LogP contribution in [-0.2, 0) is 9.53 Å². The molecule has 3 heterocycles. The van der Waals surface area contributed by atoms with E-state index >= 15 is 0 Å². The Kier molecular flexibility index (Phi) is 8.04. The fraction of sp³-hybridized carbons (Fsp3) is 0.700. The predicted molar refractivity (Wildman–Crippen MR) is 167 cm³/mol. The van der Waals surface area contributed by atoms with Crippen molar-refractivity contribution in [2.24, 2.45) is 11.1 Å². The maximum atomic E-state index is 14.5. The molecule has 11 heteroatoms. The topological polar surface area (TPSA) is 127 Å². The number of halogens is 1. The van der Waals surface area contributed by atoms with Crippen LogP contribution in [0.3, 0.4) is 0 Å². The van der Waals surface area contributed by atoms with Crippen molar-refractivity contribution in [3.63, 3.8) is 0 Å². The molecule has 0 bridgehead atoms. The van der Waals surface area contributed by atoms with Crippen LogP contribution in [0.25, 0.3) is 0 Å². The summed E-state index contributed by atoms with van der Waals surface area (Å²) in [5.74, 6) is 0.478. The molecular weight excluding hydrogens is 637 g/mol. The van der Waals surface area contributed by atoms with E-state index in [0.717, 1.165) is 29.4 Å². The molecule has 228 valence electrons. The van der Waals surface area contributed by atoms with Gasteiger partial charge >= 0.3 is 252 Å². The van der Waals surface area contributed by atoms with Crippen molar-refractivity contribution in [1.82, 2.24) is 13.3 Å². The van der Waals surface area contributed by atoms with E-state index in [9.17, 15) is 14.4 Å². The molecular formula is C30H46IN5O5. The number of fused-ring (bicyclic) bond motifs is 1. The molecule has 1 aromatic rings. The van der Waals surface area contributed by atoms with Crippen LogP contribution in [-0.4, -0.2) is 79.7 Å². The quantitative estimate of drug-likeness (QED) is 0.143.